The molecule has 0 bridgehead atoms. The minimum atomic E-state index is 0.139. The van der Waals surface area contributed by atoms with Crippen molar-refractivity contribution in [3.05, 3.63) is 28.8 Å². The van der Waals surface area contributed by atoms with Gasteiger partial charge in [0.2, 0.25) is 0 Å². The Morgan fingerprint density at radius 3 is 2.73 bits per heavy atom. The average molecular weight is 229 g/mol. The maximum atomic E-state index is 8.95. The van der Waals surface area contributed by atoms with E-state index in [1.807, 2.05) is 25.1 Å². The molecule has 0 amide bonds. The minimum absolute atomic E-state index is 0.139. The van der Waals surface area contributed by atoms with Crippen molar-refractivity contribution in [1.29, 1.82) is 0 Å². The Labute approximate surface area is 95.5 Å². The van der Waals surface area contributed by atoms with Crippen LogP contribution < -0.4 is 10.6 Å². The Balaban J connectivity index is 2.99. The summed E-state index contributed by atoms with van der Waals surface area (Å²) < 4.78 is 0. The number of rotatable bonds is 5. The summed E-state index contributed by atoms with van der Waals surface area (Å²) in [6, 6.07) is 5.66. The number of anilines is 1. The highest BCUT2D eigenvalue weighted by Gasteiger charge is 2.08. The predicted octanol–water partition coefficient (Wildman–Crippen LogP) is 1.62. The highest BCUT2D eigenvalue weighted by atomic mass is 35.5. The van der Waals surface area contributed by atoms with Gasteiger partial charge in [-0.15, -0.1) is 0 Å². The second kappa shape index (κ2) is 5.95. The van der Waals surface area contributed by atoms with E-state index in [1.165, 1.54) is 0 Å². The normalized spacial score (nSPS) is 10.4. The van der Waals surface area contributed by atoms with Gasteiger partial charge in [0, 0.05) is 30.3 Å². The Morgan fingerprint density at radius 1 is 1.47 bits per heavy atom. The van der Waals surface area contributed by atoms with E-state index < -0.39 is 0 Å². The summed E-state index contributed by atoms with van der Waals surface area (Å²) in [6.45, 7) is 4.10. The summed E-state index contributed by atoms with van der Waals surface area (Å²) in [6.07, 6.45) is 0. The number of nitrogens with two attached hydrogens (primary N) is 1. The minimum Gasteiger partial charge on any atom is -0.395 e. The van der Waals surface area contributed by atoms with Gasteiger partial charge < -0.3 is 15.7 Å². The van der Waals surface area contributed by atoms with Gasteiger partial charge in [-0.1, -0.05) is 11.6 Å². The first-order chi connectivity index (χ1) is 7.22. The van der Waals surface area contributed by atoms with Crippen molar-refractivity contribution in [3.8, 4) is 0 Å². The van der Waals surface area contributed by atoms with Gasteiger partial charge in [-0.25, -0.2) is 0 Å². The van der Waals surface area contributed by atoms with Gasteiger partial charge in [0.25, 0.3) is 0 Å². The van der Waals surface area contributed by atoms with Crippen LogP contribution in [0.5, 0.6) is 0 Å². The van der Waals surface area contributed by atoms with Crippen molar-refractivity contribution < 1.29 is 5.11 Å². The van der Waals surface area contributed by atoms with Crippen LogP contribution in [0.15, 0.2) is 18.2 Å². The van der Waals surface area contributed by atoms with E-state index >= 15 is 0 Å². The van der Waals surface area contributed by atoms with E-state index in [2.05, 4.69) is 4.90 Å². The van der Waals surface area contributed by atoms with Gasteiger partial charge in [-0.3, -0.25) is 0 Å². The van der Waals surface area contributed by atoms with Crippen LogP contribution in [0, 0.1) is 0 Å². The van der Waals surface area contributed by atoms with Gasteiger partial charge in [0.15, 0.2) is 0 Å². The third kappa shape index (κ3) is 3.09. The summed E-state index contributed by atoms with van der Waals surface area (Å²) in [4.78, 5) is 2.08. The SMILES string of the molecule is CCN(CCO)c1ccc(Cl)cc1CN. The van der Waals surface area contributed by atoms with Crippen LogP contribution in [-0.4, -0.2) is 24.8 Å². The smallest absolute Gasteiger partial charge is 0.0606 e. The highest BCUT2D eigenvalue weighted by Crippen LogP contribution is 2.23. The zero-order valence-corrected chi connectivity index (χ0v) is 9.67. The van der Waals surface area contributed by atoms with Crippen LogP contribution in [0.3, 0.4) is 0 Å². The molecule has 0 spiro atoms. The molecule has 0 aliphatic carbocycles. The standard InChI is InChI=1S/C11H17ClN2O/c1-2-14(5-6-15)11-4-3-10(12)7-9(11)8-13/h3-4,7,15H,2,5-6,8,13H2,1H3. The molecule has 0 aromatic heterocycles. The number of hydrogen-bond donors (Lipinski definition) is 2. The summed E-state index contributed by atoms with van der Waals surface area (Å²) in [5.41, 5.74) is 7.73. The fraction of sp³-hybridized carbons (Fsp3) is 0.455. The van der Waals surface area contributed by atoms with Crippen molar-refractivity contribution in [2.24, 2.45) is 5.73 Å². The number of hydrogen-bond acceptors (Lipinski definition) is 3. The molecule has 1 aromatic carbocycles. The maximum Gasteiger partial charge on any atom is 0.0606 e. The zero-order valence-electron chi connectivity index (χ0n) is 8.91. The molecule has 0 unspecified atom stereocenters. The lowest BCUT2D eigenvalue weighted by atomic mass is 10.1. The molecule has 84 valence electrons. The molecular weight excluding hydrogens is 212 g/mol. The van der Waals surface area contributed by atoms with Crippen molar-refractivity contribution in [2.75, 3.05) is 24.6 Å². The van der Waals surface area contributed by atoms with Crippen LogP contribution in [0.25, 0.3) is 0 Å². The number of nitrogens with zero attached hydrogens (tertiary/aromatic N) is 1. The third-order valence-corrected chi connectivity index (χ3v) is 2.59. The van der Waals surface area contributed by atoms with E-state index in [4.69, 9.17) is 22.4 Å². The summed E-state index contributed by atoms with van der Waals surface area (Å²) >= 11 is 5.90. The topological polar surface area (TPSA) is 49.5 Å². The van der Waals surface area contributed by atoms with Crippen molar-refractivity contribution >= 4 is 17.3 Å². The van der Waals surface area contributed by atoms with E-state index in [1.54, 1.807) is 0 Å². The van der Waals surface area contributed by atoms with Gasteiger partial charge >= 0.3 is 0 Å². The van der Waals surface area contributed by atoms with E-state index in [0.717, 1.165) is 17.8 Å². The molecule has 1 aromatic rings. The van der Waals surface area contributed by atoms with Crippen LogP contribution in [-0.2, 0) is 6.54 Å². The lowest BCUT2D eigenvalue weighted by Crippen LogP contribution is -2.27. The van der Waals surface area contributed by atoms with Gasteiger partial charge in [-0.05, 0) is 30.7 Å². The fourth-order valence-corrected chi connectivity index (χ4v) is 1.79. The molecule has 4 heteroatoms. The number of aliphatic hydroxyl groups excluding tert-OH is 1. The molecule has 0 aliphatic heterocycles. The second-order valence-electron chi connectivity index (χ2n) is 3.28. The first-order valence-corrected chi connectivity index (χ1v) is 5.45. The summed E-state index contributed by atoms with van der Waals surface area (Å²) in [5, 5.41) is 9.64. The monoisotopic (exact) mass is 228 g/mol. The largest absolute Gasteiger partial charge is 0.395 e. The number of aliphatic hydroxyl groups is 1. The summed E-state index contributed by atoms with van der Waals surface area (Å²) in [5.74, 6) is 0. The molecule has 3 nitrogen and oxygen atoms in total. The van der Waals surface area contributed by atoms with Gasteiger partial charge in [-0.2, -0.15) is 0 Å². The van der Waals surface area contributed by atoms with Gasteiger partial charge in [0.1, 0.15) is 0 Å². The molecule has 0 fully saturated rings. The van der Waals surface area contributed by atoms with Crippen molar-refractivity contribution in [2.45, 2.75) is 13.5 Å². The van der Waals surface area contributed by atoms with Crippen LogP contribution >= 0.6 is 11.6 Å². The van der Waals surface area contributed by atoms with E-state index in [0.29, 0.717) is 18.1 Å². The number of likely N-dealkylation sites (N-methyl/N-ethyl adjacent to an activating group) is 1. The van der Waals surface area contributed by atoms with Crippen molar-refractivity contribution in [1.82, 2.24) is 0 Å². The summed E-state index contributed by atoms with van der Waals surface area (Å²) in [7, 11) is 0. The average Bonchev–Trinajstić information content (AvgIpc) is 2.26. The van der Waals surface area contributed by atoms with E-state index in [9.17, 15) is 0 Å². The molecule has 0 saturated carbocycles. The van der Waals surface area contributed by atoms with E-state index in [-0.39, 0.29) is 6.61 Å². The molecule has 0 aliphatic rings. The predicted molar refractivity (Wildman–Crippen MR) is 64.3 cm³/mol. The zero-order chi connectivity index (χ0) is 11.3. The molecule has 0 saturated heterocycles. The van der Waals surface area contributed by atoms with Crippen LogP contribution in [0.4, 0.5) is 5.69 Å². The Kier molecular flexibility index (Phi) is 4.88. The molecule has 0 radical (unpaired) electrons. The Morgan fingerprint density at radius 2 is 2.20 bits per heavy atom. The molecule has 15 heavy (non-hydrogen) atoms. The van der Waals surface area contributed by atoms with Crippen LogP contribution in [0.1, 0.15) is 12.5 Å². The maximum absolute atomic E-state index is 8.95. The lowest BCUT2D eigenvalue weighted by molar-refractivity contribution is 0.302. The Bertz CT molecular complexity index is 317. The highest BCUT2D eigenvalue weighted by molar-refractivity contribution is 6.30. The second-order valence-corrected chi connectivity index (χ2v) is 3.72. The molecule has 0 atom stereocenters. The third-order valence-electron chi connectivity index (χ3n) is 2.35. The molecule has 3 N–H and O–H groups in total. The number of benzene rings is 1. The first-order valence-electron chi connectivity index (χ1n) is 5.07. The lowest BCUT2D eigenvalue weighted by Gasteiger charge is -2.24. The fourth-order valence-electron chi connectivity index (χ4n) is 1.60. The molecular formula is C11H17ClN2O. The Hall–Kier alpha value is -0.770. The first kappa shape index (κ1) is 12.3. The van der Waals surface area contributed by atoms with Crippen molar-refractivity contribution in [3.63, 3.8) is 0 Å². The van der Waals surface area contributed by atoms with Gasteiger partial charge in [0.05, 0.1) is 6.61 Å². The van der Waals surface area contributed by atoms with Crippen LogP contribution in [0.2, 0.25) is 5.02 Å². The molecule has 1 rings (SSSR count). The number of halogens is 1. The molecule has 0 heterocycles. The quantitative estimate of drug-likeness (QED) is 0.805.